The fraction of sp³-hybridized carbons (Fsp3) is 0.667. The molecular formula is C27H40N6O4Si. The summed E-state index contributed by atoms with van der Waals surface area (Å²) in [6.45, 7) is 12.3. The Balaban J connectivity index is 1.40. The average Bonchev–Trinajstić information content (AvgIpc) is 3.59. The van der Waals surface area contributed by atoms with Gasteiger partial charge in [0.15, 0.2) is 11.5 Å². The highest BCUT2D eigenvalue weighted by atomic mass is 28.3. The summed E-state index contributed by atoms with van der Waals surface area (Å²) < 4.78 is 21.4. The summed E-state index contributed by atoms with van der Waals surface area (Å²) in [6.07, 6.45) is 6.99. The van der Waals surface area contributed by atoms with E-state index in [0.29, 0.717) is 45.0 Å². The third-order valence-electron chi connectivity index (χ3n) is 8.14. The van der Waals surface area contributed by atoms with E-state index in [1.54, 1.807) is 6.20 Å². The minimum absolute atomic E-state index is 0.0949. The molecule has 11 heteroatoms. The van der Waals surface area contributed by atoms with Crippen molar-refractivity contribution < 1.29 is 19.3 Å². The van der Waals surface area contributed by atoms with Gasteiger partial charge < -0.3 is 24.2 Å². The number of anilines is 1. The number of hydrogen-bond acceptors (Lipinski definition) is 8. The monoisotopic (exact) mass is 540 g/mol. The zero-order valence-corrected chi connectivity index (χ0v) is 24.0. The molecule has 0 spiro atoms. The van der Waals surface area contributed by atoms with Gasteiger partial charge in [0.25, 0.3) is 0 Å². The maximum absolute atomic E-state index is 12.1. The maximum Gasteiger partial charge on any atom is 0.167 e. The molecule has 6 heterocycles. The molecule has 10 nitrogen and oxygen atoms in total. The largest absolute Gasteiger partial charge is 0.385 e. The predicted octanol–water partition coefficient (Wildman–Crippen LogP) is 3.68. The van der Waals surface area contributed by atoms with Crippen molar-refractivity contribution in [1.29, 1.82) is 0 Å². The predicted molar refractivity (Wildman–Crippen MR) is 147 cm³/mol. The number of aliphatic hydroxyl groups is 1. The third kappa shape index (κ3) is 5.02. The van der Waals surface area contributed by atoms with Crippen LogP contribution in [-0.2, 0) is 26.5 Å². The lowest BCUT2D eigenvalue weighted by molar-refractivity contribution is -0.114. The number of pyridine rings is 1. The van der Waals surface area contributed by atoms with Gasteiger partial charge in [-0.05, 0) is 37.4 Å². The van der Waals surface area contributed by atoms with Crippen molar-refractivity contribution in [2.75, 3.05) is 31.3 Å². The van der Waals surface area contributed by atoms with Crippen LogP contribution in [-0.4, -0.2) is 82.3 Å². The number of rotatable bonds is 8. The number of nitrogens with zero attached hydrogens (tertiary/aromatic N) is 6. The topological polar surface area (TPSA) is 99.7 Å². The summed E-state index contributed by atoms with van der Waals surface area (Å²) in [5, 5.41) is 22.2. The molecule has 0 saturated carbocycles. The Hall–Kier alpha value is -2.31. The average molecular weight is 541 g/mol. The quantitative estimate of drug-likeness (QED) is 0.341. The third-order valence-corrected chi connectivity index (χ3v) is 9.84. The van der Waals surface area contributed by atoms with Crippen LogP contribution in [0.15, 0.2) is 24.5 Å². The van der Waals surface area contributed by atoms with E-state index in [9.17, 15) is 5.11 Å². The van der Waals surface area contributed by atoms with E-state index >= 15 is 0 Å². The van der Waals surface area contributed by atoms with E-state index in [0.717, 1.165) is 48.0 Å². The number of morpholine rings is 1. The van der Waals surface area contributed by atoms with Crippen LogP contribution in [0.5, 0.6) is 0 Å². The van der Waals surface area contributed by atoms with Crippen molar-refractivity contribution in [3.63, 3.8) is 0 Å². The molecule has 6 rings (SSSR count). The molecule has 0 amide bonds. The lowest BCUT2D eigenvalue weighted by Crippen LogP contribution is -2.44. The Bertz CT molecular complexity index is 1270. The molecular weight excluding hydrogens is 500 g/mol. The molecule has 3 atom stereocenters. The normalized spacial score (nSPS) is 27.9. The van der Waals surface area contributed by atoms with Gasteiger partial charge in [0.1, 0.15) is 12.5 Å². The van der Waals surface area contributed by atoms with Crippen LogP contribution in [0, 0.1) is 0 Å². The van der Waals surface area contributed by atoms with Crippen LogP contribution in [0.25, 0.3) is 16.9 Å². The van der Waals surface area contributed by atoms with Crippen LogP contribution in [0.4, 0.5) is 5.82 Å². The molecule has 3 aliphatic heterocycles. The minimum Gasteiger partial charge on any atom is -0.385 e. The summed E-state index contributed by atoms with van der Waals surface area (Å²) in [4.78, 5) is 7.40. The lowest BCUT2D eigenvalue weighted by Gasteiger charge is -2.39. The van der Waals surface area contributed by atoms with Crippen LogP contribution < -0.4 is 4.90 Å². The van der Waals surface area contributed by atoms with Gasteiger partial charge in [-0.2, -0.15) is 14.9 Å². The second kappa shape index (κ2) is 10.0. The fourth-order valence-corrected chi connectivity index (χ4v) is 6.78. The number of hydrogen-bond donors (Lipinski definition) is 1. The molecule has 3 aliphatic rings. The first-order chi connectivity index (χ1) is 18.2. The van der Waals surface area contributed by atoms with Gasteiger partial charge in [0.2, 0.25) is 0 Å². The second-order valence-corrected chi connectivity index (χ2v) is 18.0. The zero-order chi connectivity index (χ0) is 26.5. The van der Waals surface area contributed by atoms with E-state index in [2.05, 4.69) is 42.6 Å². The highest BCUT2D eigenvalue weighted by Crippen LogP contribution is 2.46. The van der Waals surface area contributed by atoms with Gasteiger partial charge in [0, 0.05) is 45.5 Å². The first-order valence-corrected chi connectivity index (χ1v) is 17.6. The highest BCUT2D eigenvalue weighted by molar-refractivity contribution is 6.76. The van der Waals surface area contributed by atoms with Crippen molar-refractivity contribution in [3.05, 3.63) is 30.1 Å². The Morgan fingerprint density at radius 1 is 1.18 bits per heavy atom. The highest BCUT2D eigenvalue weighted by Gasteiger charge is 2.46. The van der Waals surface area contributed by atoms with Gasteiger partial charge >= 0.3 is 0 Å². The summed E-state index contributed by atoms with van der Waals surface area (Å²) in [6, 6.07) is 5.30. The Kier molecular flexibility index (Phi) is 6.84. The van der Waals surface area contributed by atoms with Crippen LogP contribution in [0.2, 0.25) is 25.7 Å². The van der Waals surface area contributed by atoms with Crippen molar-refractivity contribution in [2.45, 2.75) is 88.9 Å². The van der Waals surface area contributed by atoms with E-state index in [1.807, 2.05) is 21.6 Å². The standard InChI is InChI=1S/C27H40N6O4Si/c1-19-17-35-10-9-31(19)24-13-23(27(34)14-20-5-6-21(15-27)37-20)22-16-29-33(26(22)30-24)25-7-8-28-32(25)18-36-11-12-38(2,3)4/h7-8,13,16,19-21,34H,5-6,9-12,14-15,17-18H2,1-4H3/t19-,20?,21?,27?/m1/s1. The van der Waals surface area contributed by atoms with Crippen molar-refractivity contribution in [2.24, 2.45) is 0 Å². The fourth-order valence-electron chi connectivity index (χ4n) is 6.03. The van der Waals surface area contributed by atoms with E-state index in [4.69, 9.17) is 24.3 Å². The first kappa shape index (κ1) is 25.9. The minimum atomic E-state index is -1.17. The Morgan fingerprint density at radius 3 is 2.71 bits per heavy atom. The summed E-state index contributed by atoms with van der Waals surface area (Å²) in [5.41, 5.74) is 0.622. The van der Waals surface area contributed by atoms with Gasteiger partial charge in [-0.3, -0.25) is 0 Å². The van der Waals surface area contributed by atoms with Gasteiger partial charge in [-0.25, -0.2) is 9.67 Å². The molecule has 3 saturated heterocycles. The molecule has 2 unspecified atom stereocenters. The molecule has 0 radical (unpaired) electrons. The summed E-state index contributed by atoms with van der Waals surface area (Å²) in [7, 11) is -1.17. The van der Waals surface area contributed by atoms with E-state index in [1.165, 1.54) is 0 Å². The van der Waals surface area contributed by atoms with Crippen molar-refractivity contribution in [3.8, 4) is 5.82 Å². The molecule has 38 heavy (non-hydrogen) atoms. The van der Waals surface area contributed by atoms with Gasteiger partial charge in [-0.15, -0.1) is 0 Å². The SMILES string of the molecule is C[C@@H]1COCCN1c1cc(C2(O)CC3CCC(C2)O3)c2cnn(-c3ccnn3COCC[Si](C)(C)C)c2n1. The molecule has 3 aromatic rings. The van der Waals surface area contributed by atoms with E-state index < -0.39 is 13.7 Å². The smallest absolute Gasteiger partial charge is 0.167 e. The molecule has 1 N–H and O–H groups in total. The second-order valence-electron chi connectivity index (χ2n) is 12.4. The molecule has 3 fully saturated rings. The van der Waals surface area contributed by atoms with Crippen molar-refractivity contribution >= 4 is 24.9 Å². The summed E-state index contributed by atoms with van der Waals surface area (Å²) >= 11 is 0. The molecule has 0 aromatic carbocycles. The van der Waals surface area contributed by atoms with Crippen LogP contribution in [0.1, 0.15) is 38.2 Å². The number of ether oxygens (including phenoxy) is 3. The Morgan fingerprint density at radius 2 is 1.97 bits per heavy atom. The van der Waals surface area contributed by atoms with E-state index in [-0.39, 0.29) is 18.2 Å². The van der Waals surface area contributed by atoms with Crippen LogP contribution in [0.3, 0.4) is 0 Å². The first-order valence-electron chi connectivity index (χ1n) is 13.9. The zero-order valence-electron chi connectivity index (χ0n) is 23.0. The van der Waals surface area contributed by atoms with Gasteiger partial charge in [0.05, 0.1) is 49.5 Å². The number of aromatic nitrogens is 5. The molecule has 0 aliphatic carbocycles. The maximum atomic E-state index is 12.1. The lowest BCUT2D eigenvalue weighted by atomic mass is 9.82. The Labute approximate surface area is 224 Å². The number of fused-ring (bicyclic) bond motifs is 3. The molecule has 206 valence electrons. The van der Waals surface area contributed by atoms with Crippen molar-refractivity contribution in [1.82, 2.24) is 24.5 Å². The summed E-state index contributed by atoms with van der Waals surface area (Å²) in [5.74, 6) is 1.63. The van der Waals surface area contributed by atoms with Crippen LogP contribution >= 0.6 is 0 Å². The molecule has 2 bridgehead atoms. The molecule has 3 aromatic heterocycles. The van der Waals surface area contributed by atoms with Gasteiger partial charge in [-0.1, -0.05) is 19.6 Å².